The van der Waals surface area contributed by atoms with Gasteiger partial charge in [0.05, 0.1) is 22.3 Å². The van der Waals surface area contributed by atoms with Gasteiger partial charge in [0.1, 0.15) is 5.75 Å². The molecule has 0 heterocycles. The molecule has 0 atom stereocenters. The van der Waals surface area contributed by atoms with Gasteiger partial charge in [-0.15, -0.1) is 0 Å². The highest BCUT2D eigenvalue weighted by Gasteiger charge is 2.12. The van der Waals surface area contributed by atoms with Gasteiger partial charge in [0.15, 0.2) is 18.1 Å². The van der Waals surface area contributed by atoms with Crippen LogP contribution in [0.1, 0.15) is 5.56 Å². The Labute approximate surface area is 169 Å². The molecule has 0 saturated heterocycles. The topological polar surface area (TPSA) is 80.2 Å². The summed E-state index contributed by atoms with van der Waals surface area (Å²) in [7, 11) is 1.52. The minimum absolute atomic E-state index is 0.0375. The second kappa shape index (κ2) is 9.21. The number of aromatic hydroxyl groups is 1. The first-order valence-electron chi connectivity index (χ1n) is 6.88. The van der Waals surface area contributed by atoms with Gasteiger partial charge in [-0.1, -0.05) is 28.1 Å². The number of benzene rings is 2. The van der Waals surface area contributed by atoms with E-state index in [1.807, 2.05) is 0 Å². The van der Waals surface area contributed by atoms with Crippen molar-refractivity contribution in [3.05, 3.63) is 49.3 Å². The number of carbonyl (C=O) groups excluding carboxylic acids is 1. The Balaban J connectivity index is 1.96. The largest absolute Gasteiger partial charge is 0.506 e. The molecular weight excluding hydrogens is 524 g/mol. The summed E-state index contributed by atoms with van der Waals surface area (Å²) in [5, 5.41) is 13.8. The van der Waals surface area contributed by atoms with E-state index in [2.05, 4.69) is 58.3 Å². The average molecular weight is 537 g/mol. The Morgan fingerprint density at radius 3 is 2.60 bits per heavy atom. The smallest absolute Gasteiger partial charge is 0.277 e. The van der Waals surface area contributed by atoms with Gasteiger partial charge in [-0.3, -0.25) is 4.79 Å². The number of carbonyl (C=O) groups is 1. The normalized spacial score (nSPS) is 10.7. The van der Waals surface area contributed by atoms with Crippen LogP contribution in [-0.2, 0) is 4.79 Å². The Bertz CT molecular complexity index is 812. The van der Waals surface area contributed by atoms with Crippen molar-refractivity contribution in [2.45, 2.75) is 0 Å². The number of hydrogen-bond donors (Lipinski definition) is 2. The van der Waals surface area contributed by atoms with E-state index in [1.54, 1.807) is 30.3 Å². The molecule has 25 heavy (non-hydrogen) atoms. The first-order valence-corrected chi connectivity index (χ1v) is 9.26. The molecule has 0 aliphatic heterocycles. The molecule has 0 radical (unpaired) electrons. The second-order valence-electron chi connectivity index (χ2n) is 4.65. The standard InChI is InChI=1S/C16H13Br3N2O4/c1-24-12-4-2-3-5-13(12)25-8-14(22)21-20-7-9-10(17)6-11(18)16(23)15(9)19/h2-7,23H,8H2,1H3,(H,21,22)/b20-7-. The van der Waals surface area contributed by atoms with Crippen LogP contribution in [0, 0.1) is 0 Å². The monoisotopic (exact) mass is 534 g/mol. The van der Waals surface area contributed by atoms with Crippen LogP contribution in [0.2, 0.25) is 0 Å². The summed E-state index contributed by atoms with van der Waals surface area (Å²) in [6.07, 6.45) is 1.40. The van der Waals surface area contributed by atoms with Crippen molar-refractivity contribution in [2.75, 3.05) is 13.7 Å². The van der Waals surface area contributed by atoms with Gasteiger partial charge >= 0.3 is 0 Å². The lowest BCUT2D eigenvalue weighted by atomic mass is 10.2. The molecular formula is C16H13Br3N2O4. The van der Waals surface area contributed by atoms with Crippen molar-refractivity contribution in [1.29, 1.82) is 0 Å². The molecule has 2 aromatic rings. The summed E-state index contributed by atoms with van der Waals surface area (Å²) >= 11 is 9.86. The number of phenolic OH excluding ortho intramolecular Hbond substituents is 1. The molecule has 2 aromatic carbocycles. The number of halogens is 3. The first kappa shape index (κ1) is 19.7. The number of ether oxygens (including phenoxy) is 2. The fourth-order valence-corrected chi connectivity index (χ4v) is 4.12. The molecule has 0 unspecified atom stereocenters. The van der Waals surface area contributed by atoms with Gasteiger partial charge in [-0.25, -0.2) is 5.43 Å². The third kappa shape index (κ3) is 5.20. The third-order valence-electron chi connectivity index (χ3n) is 2.99. The van der Waals surface area contributed by atoms with Crippen molar-refractivity contribution in [1.82, 2.24) is 5.43 Å². The molecule has 0 saturated carbocycles. The lowest BCUT2D eigenvalue weighted by molar-refractivity contribution is -0.123. The maximum Gasteiger partial charge on any atom is 0.277 e. The van der Waals surface area contributed by atoms with Gasteiger partial charge in [0.25, 0.3) is 5.91 Å². The number of rotatable bonds is 6. The predicted octanol–water partition coefficient (Wildman–Crippen LogP) is 4.22. The van der Waals surface area contributed by atoms with Crippen LogP contribution in [0.5, 0.6) is 17.2 Å². The van der Waals surface area contributed by atoms with Crippen molar-refractivity contribution >= 4 is 59.9 Å². The van der Waals surface area contributed by atoms with Gasteiger partial charge in [-0.2, -0.15) is 5.10 Å². The zero-order valence-electron chi connectivity index (χ0n) is 12.9. The SMILES string of the molecule is COc1ccccc1OCC(=O)N/N=C\c1c(Br)cc(Br)c(O)c1Br. The summed E-state index contributed by atoms with van der Waals surface area (Å²) in [6, 6.07) is 8.70. The van der Waals surface area contributed by atoms with E-state index in [9.17, 15) is 9.90 Å². The molecule has 0 bridgehead atoms. The van der Waals surface area contributed by atoms with Gasteiger partial charge in [0.2, 0.25) is 0 Å². The van der Waals surface area contributed by atoms with E-state index in [1.165, 1.54) is 13.3 Å². The van der Waals surface area contributed by atoms with E-state index in [4.69, 9.17) is 9.47 Å². The van der Waals surface area contributed by atoms with E-state index in [0.717, 1.165) is 0 Å². The molecule has 9 heteroatoms. The third-order valence-corrected chi connectivity index (χ3v) is 5.06. The van der Waals surface area contributed by atoms with Crippen molar-refractivity contribution in [2.24, 2.45) is 5.10 Å². The van der Waals surface area contributed by atoms with Gasteiger partial charge in [-0.05, 0) is 50.1 Å². The maximum atomic E-state index is 11.8. The van der Waals surface area contributed by atoms with Crippen LogP contribution in [-0.4, -0.2) is 30.9 Å². The number of phenols is 1. The van der Waals surface area contributed by atoms with Crippen molar-refractivity contribution < 1.29 is 19.4 Å². The molecule has 132 valence electrons. The summed E-state index contributed by atoms with van der Waals surface area (Å²) in [4.78, 5) is 11.8. The average Bonchev–Trinajstić information content (AvgIpc) is 2.61. The van der Waals surface area contributed by atoms with Crippen LogP contribution in [0.3, 0.4) is 0 Å². The number of hydrogen-bond acceptors (Lipinski definition) is 5. The van der Waals surface area contributed by atoms with E-state index in [-0.39, 0.29) is 12.4 Å². The number of nitrogens with one attached hydrogen (secondary N) is 1. The highest BCUT2D eigenvalue weighted by Crippen LogP contribution is 2.38. The fourth-order valence-electron chi connectivity index (χ4n) is 1.80. The maximum absolute atomic E-state index is 11.8. The fraction of sp³-hybridized carbons (Fsp3) is 0.125. The van der Waals surface area contributed by atoms with E-state index >= 15 is 0 Å². The van der Waals surface area contributed by atoms with E-state index in [0.29, 0.717) is 30.5 Å². The molecule has 0 aliphatic carbocycles. The van der Waals surface area contributed by atoms with E-state index < -0.39 is 5.91 Å². The minimum atomic E-state index is -0.435. The number of nitrogens with zero attached hydrogens (tertiary/aromatic N) is 1. The predicted molar refractivity (Wildman–Crippen MR) is 105 cm³/mol. The Morgan fingerprint density at radius 1 is 1.24 bits per heavy atom. The number of hydrazone groups is 1. The molecule has 0 aromatic heterocycles. The summed E-state index contributed by atoms with van der Waals surface area (Å²) in [5.74, 6) is 0.607. The zero-order chi connectivity index (χ0) is 18.4. The van der Waals surface area contributed by atoms with Gasteiger partial charge < -0.3 is 14.6 Å². The number of methoxy groups -OCH3 is 1. The summed E-state index contributed by atoms with van der Waals surface area (Å²) in [6.45, 7) is -0.217. The molecule has 6 nitrogen and oxygen atoms in total. The Kier molecular flexibility index (Phi) is 7.27. The van der Waals surface area contributed by atoms with Crippen LogP contribution in [0.15, 0.2) is 48.9 Å². The summed E-state index contributed by atoms with van der Waals surface area (Å²) in [5.41, 5.74) is 2.93. The lowest BCUT2D eigenvalue weighted by Gasteiger charge is -2.09. The zero-order valence-corrected chi connectivity index (χ0v) is 17.7. The quantitative estimate of drug-likeness (QED) is 0.428. The summed E-state index contributed by atoms with van der Waals surface area (Å²) < 4.78 is 12.2. The Morgan fingerprint density at radius 2 is 1.92 bits per heavy atom. The lowest BCUT2D eigenvalue weighted by Crippen LogP contribution is -2.24. The van der Waals surface area contributed by atoms with Crippen molar-refractivity contribution in [3.8, 4) is 17.2 Å². The van der Waals surface area contributed by atoms with Crippen LogP contribution in [0.25, 0.3) is 0 Å². The Hall–Kier alpha value is -1.58. The number of para-hydroxylation sites is 2. The van der Waals surface area contributed by atoms with Crippen LogP contribution >= 0.6 is 47.8 Å². The first-order chi connectivity index (χ1) is 11.9. The molecule has 0 fully saturated rings. The van der Waals surface area contributed by atoms with Crippen LogP contribution in [0.4, 0.5) is 0 Å². The molecule has 0 spiro atoms. The van der Waals surface area contributed by atoms with Crippen molar-refractivity contribution in [3.63, 3.8) is 0 Å². The highest BCUT2D eigenvalue weighted by atomic mass is 79.9. The molecule has 0 aliphatic rings. The highest BCUT2D eigenvalue weighted by molar-refractivity contribution is 9.11. The molecule has 2 rings (SSSR count). The molecule has 1 amide bonds. The second-order valence-corrected chi connectivity index (χ2v) is 7.15. The minimum Gasteiger partial charge on any atom is -0.506 e. The van der Waals surface area contributed by atoms with Gasteiger partial charge in [0, 0.05) is 10.0 Å². The molecule has 2 N–H and O–H groups in total. The van der Waals surface area contributed by atoms with Crippen LogP contribution < -0.4 is 14.9 Å². The number of amides is 1.